The van der Waals surface area contributed by atoms with Crippen molar-refractivity contribution in [3.05, 3.63) is 53.6 Å². The molecule has 156 valence electrons. The van der Waals surface area contributed by atoms with Crippen LogP contribution in [0, 0.1) is 0 Å². The molecule has 30 heavy (non-hydrogen) atoms. The molecule has 0 bridgehead atoms. The van der Waals surface area contributed by atoms with Crippen molar-refractivity contribution < 1.29 is 14.3 Å². The van der Waals surface area contributed by atoms with Crippen molar-refractivity contribution in [2.75, 3.05) is 25.6 Å². The predicted octanol–water partition coefficient (Wildman–Crippen LogP) is 4.72. The number of thioether (sulfide) groups is 1. The molecule has 1 aliphatic rings. The number of aromatic nitrogens is 2. The van der Waals surface area contributed by atoms with Gasteiger partial charge in [-0.2, -0.15) is 0 Å². The van der Waals surface area contributed by atoms with Crippen LogP contribution in [0.25, 0.3) is 10.9 Å². The third-order valence-corrected chi connectivity index (χ3v) is 6.04. The van der Waals surface area contributed by atoms with E-state index in [9.17, 15) is 4.79 Å². The maximum Gasteiger partial charge on any atom is 0.190 e. The van der Waals surface area contributed by atoms with Gasteiger partial charge in [0, 0.05) is 35.4 Å². The zero-order valence-electron chi connectivity index (χ0n) is 17.2. The monoisotopic (exact) mass is 423 g/mol. The third kappa shape index (κ3) is 4.74. The van der Waals surface area contributed by atoms with E-state index in [4.69, 9.17) is 19.4 Å². The molecule has 3 aromatic rings. The molecule has 1 fully saturated rings. The van der Waals surface area contributed by atoms with Gasteiger partial charge in [0.25, 0.3) is 0 Å². The molecule has 1 aliphatic heterocycles. The molecule has 2 heterocycles. The van der Waals surface area contributed by atoms with Crippen molar-refractivity contribution >= 4 is 34.3 Å². The van der Waals surface area contributed by atoms with Crippen molar-refractivity contribution in [2.24, 2.45) is 0 Å². The Morgan fingerprint density at radius 1 is 1.27 bits per heavy atom. The predicted molar refractivity (Wildman–Crippen MR) is 120 cm³/mol. The van der Waals surface area contributed by atoms with Gasteiger partial charge in [0.2, 0.25) is 0 Å². The summed E-state index contributed by atoms with van der Waals surface area (Å²) in [5.74, 6) is 2.22. The SMILES string of the molecule is COc1ccc(C(C)=O)cc1CSc1nc(NC[C@H]2CCCO2)c2ccccc2n1. The molecular formula is C23H25N3O3S. The Balaban J connectivity index is 1.57. The molecule has 1 N–H and O–H groups in total. The fourth-order valence-electron chi connectivity index (χ4n) is 3.52. The molecule has 7 heteroatoms. The molecule has 1 aromatic heterocycles. The van der Waals surface area contributed by atoms with Crippen molar-refractivity contribution in [1.29, 1.82) is 0 Å². The van der Waals surface area contributed by atoms with Gasteiger partial charge >= 0.3 is 0 Å². The highest BCUT2D eigenvalue weighted by Crippen LogP contribution is 2.30. The molecule has 0 radical (unpaired) electrons. The number of carbonyl (C=O) groups is 1. The maximum atomic E-state index is 11.8. The number of methoxy groups -OCH3 is 1. The van der Waals surface area contributed by atoms with Crippen molar-refractivity contribution in [3.8, 4) is 5.75 Å². The number of ketones is 1. The van der Waals surface area contributed by atoms with Crippen molar-refractivity contribution in [3.63, 3.8) is 0 Å². The molecule has 0 spiro atoms. The second-order valence-corrected chi connectivity index (χ2v) is 8.20. The Morgan fingerprint density at radius 3 is 2.90 bits per heavy atom. The van der Waals surface area contributed by atoms with Crippen molar-refractivity contribution in [2.45, 2.75) is 36.8 Å². The summed E-state index contributed by atoms with van der Waals surface area (Å²) in [6, 6.07) is 13.5. The second-order valence-electron chi connectivity index (χ2n) is 7.26. The van der Waals surface area contributed by atoms with E-state index in [0.717, 1.165) is 54.0 Å². The largest absolute Gasteiger partial charge is 0.496 e. The minimum absolute atomic E-state index is 0.0338. The summed E-state index contributed by atoms with van der Waals surface area (Å²) in [5, 5.41) is 5.13. The Hall–Kier alpha value is -2.64. The van der Waals surface area contributed by atoms with E-state index in [0.29, 0.717) is 16.5 Å². The van der Waals surface area contributed by atoms with Gasteiger partial charge in [0.05, 0.1) is 18.7 Å². The number of Topliss-reactive ketones (excluding diaryl/α,β-unsaturated/α-hetero) is 1. The van der Waals surface area contributed by atoms with E-state index in [-0.39, 0.29) is 11.9 Å². The minimum Gasteiger partial charge on any atom is -0.496 e. The molecule has 1 saturated heterocycles. The minimum atomic E-state index is 0.0338. The van der Waals surface area contributed by atoms with E-state index in [1.54, 1.807) is 20.1 Å². The molecule has 2 aromatic carbocycles. The second kappa shape index (κ2) is 9.45. The summed E-state index contributed by atoms with van der Waals surface area (Å²) < 4.78 is 11.2. The lowest BCUT2D eigenvalue weighted by atomic mass is 10.1. The van der Waals surface area contributed by atoms with Crippen LogP contribution in [0.15, 0.2) is 47.6 Å². The van der Waals surface area contributed by atoms with E-state index < -0.39 is 0 Å². The highest BCUT2D eigenvalue weighted by atomic mass is 32.2. The standard InChI is InChI=1S/C23H25N3O3S/c1-15(27)16-9-10-21(28-2)17(12-16)14-30-23-25-20-8-4-3-7-19(20)22(26-23)24-13-18-6-5-11-29-18/h3-4,7-10,12,18H,5-6,11,13-14H2,1-2H3,(H,24,25,26)/t18-/m1/s1. The van der Waals surface area contributed by atoms with Gasteiger partial charge in [-0.05, 0) is 50.1 Å². The van der Waals surface area contributed by atoms with Gasteiger partial charge in [-0.3, -0.25) is 4.79 Å². The average molecular weight is 424 g/mol. The summed E-state index contributed by atoms with van der Waals surface area (Å²) in [5.41, 5.74) is 2.51. The Labute approximate surface area is 180 Å². The summed E-state index contributed by atoms with van der Waals surface area (Å²) in [7, 11) is 1.64. The summed E-state index contributed by atoms with van der Waals surface area (Å²) in [4.78, 5) is 21.2. The number of nitrogens with zero attached hydrogens (tertiary/aromatic N) is 2. The highest BCUT2D eigenvalue weighted by Gasteiger charge is 2.17. The van der Waals surface area contributed by atoms with Crippen LogP contribution in [0.4, 0.5) is 5.82 Å². The molecule has 6 nitrogen and oxygen atoms in total. The normalized spacial score (nSPS) is 16.0. The van der Waals surface area contributed by atoms with E-state index >= 15 is 0 Å². The number of fused-ring (bicyclic) bond motifs is 1. The average Bonchev–Trinajstić information content (AvgIpc) is 3.29. The Bertz CT molecular complexity index is 1050. The number of carbonyl (C=O) groups excluding carboxylic acids is 1. The zero-order valence-corrected chi connectivity index (χ0v) is 18.0. The van der Waals surface area contributed by atoms with Crippen LogP contribution < -0.4 is 10.1 Å². The van der Waals surface area contributed by atoms with Crippen LogP contribution in [-0.2, 0) is 10.5 Å². The Morgan fingerprint density at radius 2 is 2.13 bits per heavy atom. The van der Waals surface area contributed by atoms with E-state index in [1.807, 2.05) is 36.4 Å². The number of benzene rings is 2. The summed E-state index contributed by atoms with van der Waals surface area (Å²) >= 11 is 1.53. The molecule has 0 amide bonds. The first-order valence-corrected chi connectivity index (χ1v) is 11.1. The van der Waals surface area contributed by atoms with Crippen molar-refractivity contribution in [1.82, 2.24) is 9.97 Å². The van der Waals surface area contributed by atoms with Gasteiger partial charge in [0.1, 0.15) is 11.6 Å². The Kier molecular flexibility index (Phi) is 6.50. The number of hydrogen-bond donors (Lipinski definition) is 1. The van der Waals surface area contributed by atoms with Crippen LogP contribution in [0.3, 0.4) is 0 Å². The zero-order chi connectivity index (χ0) is 20.9. The summed E-state index contributed by atoms with van der Waals surface area (Å²) in [6.45, 7) is 3.13. The van der Waals surface area contributed by atoms with Crippen LogP contribution in [0.1, 0.15) is 35.7 Å². The number of anilines is 1. The highest BCUT2D eigenvalue weighted by molar-refractivity contribution is 7.98. The van der Waals surface area contributed by atoms with Gasteiger partial charge in [-0.25, -0.2) is 9.97 Å². The lowest BCUT2D eigenvalue weighted by Gasteiger charge is -2.14. The van der Waals surface area contributed by atoms with E-state index in [1.165, 1.54) is 11.8 Å². The van der Waals surface area contributed by atoms with E-state index in [2.05, 4.69) is 5.32 Å². The van der Waals surface area contributed by atoms with Gasteiger partial charge in [0.15, 0.2) is 10.9 Å². The molecule has 0 aliphatic carbocycles. The molecule has 1 atom stereocenters. The number of rotatable bonds is 8. The van der Waals surface area contributed by atoms with Crippen LogP contribution >= 0.6 is 11.8 Å². The number of nitrogens with one attached hydrogen (secondary N) is 1. The van der Waals surface area contributed by atoms with Crippen LogP contribution in [0.2, 0.25) is 0 Å². The molecular weight excluding hydrogens is 398 g/mol. The number of para-hydroxylation sites is 1. The van der Waals surface area contributed by atoms with Crippen LogP contribution in [0.5, 0.6) is 5.75 Å². The summed E-state index contributed by atoms with van der Waals surface area (Å²) in [6.07, 6.45) is 2.41. The first-order chi connectivity index (χ1) is 14.6. The van der Waals surface area contributed by atoms with Crippen LogP contribution in [-0.4, -0.2) is 42.1 Å². The lowest BCUT2D eigenvalue weighted by Crippen LogP contribution is -2.19. The topological polar surface area (TPSA) is 73.3 Å². The third-order valence-electron chi connectivity index (χ3n) is 5.15. The smallest absolute Gasteiger partial charge is 0.190 e. The first kappa shape index (κ1) is 20.6. The fourth-order valence-corrected chi connectivity index (χ4v) is 4.35. The molecule has 4 rings (SSSR count). The quantitative estimate of drug-likeness (QED) is 0.319. The molecule has 0 unspecified atom stereocenters. The lowest BCUT2D eigenvalue weighted by molar-refractivity contribution is 0.101. The maximum absolute atomic E-state index is 11.8. The fraction of sp³-hybridized carbons (Fsp3) is 0.348. The number of hydrogen-bond acceptors (Lipinski definition) is 7. The van der Waals surface area contributed by atoms with Gasteiger partial charge in [-0.1, -0.05) is 23.9 Å². The van der Waals surface area contributed by atoms with Gasteiger partial charge in [-0.15, -0.1) is 0 Å². The van der Waals surface area contributed by atoms with Gasteiger partial charge < -0.3 is 14.8 Å². The number of ether oxygens (including phenoxy) is 2. The molecule has 0 saturated carbocycles. The first-order valence-electron chi connectivity index (χ1n) is 10.1.